The van der Waals surface area contributed by atoms with Crippen molar-refractivity contribution < 1.29 is 4.39 Å². The molecule has 0 unspecified atom stereocenters. The number of anilines is 1. The lowest BCUT2D eigenvalue weighted by Crippen LogP contribution is -1.93. The summed E-state index contributed by atoms with van der Waals surface area (Å²) in [5.74, 6) is -0.336. The Morgan fingerprint density at radius 2 is 1.80 bits per heavy atom. The van der Waals surface area contributed by atoms with E-state index in [0.29, 0.717) is 21.8 Å². The molecule has 3 heteroatoms. The molecule has 2 aromatic rings. The summed E-state index contributed by atoms with van der Waals surface area (Å²) in [6.07, 6.45) is 0. The molecule has 0 saturated heterocycles. The summed E-state index contributed by atoms with van der Waals surface area (Å²) in [5, 5.41) is 0.565. The van der Waals surface area contributed by atoms with Gasteiger partial charge >= 0.3 is 0 Å². The Labute approximate surface area is 92.3 Å². The monoisotopic (exact) mass is 221 g/mol. The molecule has 2 rings (SSSR count). The summed E-state index contributed by atoms with van der Waals surface area (Å²) in [5.41, 5.74) is 7.23. The highest BCUT2D eigenvalue weighted by molar-refractivity contribution is 6.30. The predicted octanol–water partition coefficient (Wildman–Crippen LogP) is 3.73. The molecule has 0 atom stereocenters. The fraction of sp³-hybridized carbons (Fsp3) is 0. The van der Waals surface area contributed by atoms with E-state index in [0.717, 1.165) is 0 Å². The maximum absolute atomic E-state index is 13.5. The number of nitrogens with two attached hydrogens (primary N) is 1. The molecule has 76 valence electrons. The van der Waals surface area contributed by atoms with Gasteiger partial charge in [0, 0.05) is 16.3 Å². The maximum Gasteiger partial charge on any atom is 0.133 e. The van der Waals surface area contributed by atoms with Gasteiger partial charge in [-0.1, -0.05) is 29.8 Å². The van der Waals surface area contributed by atoms with Gasteiger partial charge in [-0.15, -0.1) is 0 Å². The molecule has 0 aliphatic rings. The Morgan fingerprint density at radius 1 is 1.07 bits per heavy atom. The minimum Gasteiger partial charge on any atom is -0.398 e. The molecule has 0 aromatic heterocycles. The minimum atomic E-state index is -0.336. The van der Waals surface area contributed by atoms with Crippen molar-refractivity contribution in [3.8, 4) is 11.1 Å². The fourth-order valence-electron chi connectivity index (χ4n) is 1.49. The number of hydrogen-bond donors (Lipinski definition) is 1. The highest BCUT2D eigenvalue weighted by Crippen LogP contribution is 2.30. The molecule has 0 saturated carbocycles. The zero-order chi connectivity index (χ0) is 10.8. The van der Waals surface area contributed by atoms with Gasteiger partial charge < -0.3 is 5.73 Å². The molecule has 2 N–H and O–H groups in total. The Bertz CT molecular complexity index is 476. The van der Waals surface area contributed by atoms with E-state index < -0.39 is 0 Å². The number of benzene rings is 2. The van der Waals surface area contributed by atoms with Crippen molar-refractivity contribution >= 4 is 17.3 Å². The third-order valence-corrected chi connectivity index (χ3v) is 2.39. The zero-order valence-corrected chi connectivity index (χ0v) is 8.63. The first-order chi connectivity index (χ1) is 7.18. The van der Waals surface area contributed by atoms with Crippen LogP contribution >= 0.6 is 11.6 Å². The van der Waals surface area contributed by atoms with Gasteiger partial charge in [-0.2, -0.15) is 0 Å². The molecular formula is C12H9ClFN. The van der Waals surface area contributed by atoms with Gasteiger partial charge in [0.1, 0.15) is 5.82 Å². The van der Waals surface area contributed by atoms with Gasteiger partial charge in [0.15, 0.2) is 0 Å². The van der Waals surface area contributed by atoms with Crippen molar-refractivity contribution in [1.82, 2.24) is 0 Å². The van der Waals surface area contributed by atoms with Crippen LogP contribution in [0.3, 0.4) is 0 Å². The first kappa shape index (κ1) is 9.99. The molecule has 1 nitrogen and oxygen atoms in total. The van der Waals surface area contributed by atoms with E-state index in [1.807, 2.05) is 0 Å². The van der Waals surface area contributed by atoms with Crippen molar-refractivity contribution in [1.29, 1.82) is 0 Å². The van der Waals surface area contributed by atoms with E-state index in [1.54, 1.807) is 36.4 Å². The SMILES string of the molecule is Nc1cccc(F)c1-c1cccc(Cl)c1. The third-order valence-electron chi connectivity index (χ3n) is 2.16. The number of nitrogen functional groups attached to an aromatic ring is 1. The van der Waals surface area contributed by atoms with Crippen LogP contribution in [0.4, 0.5) is 10.1 Å². The first-order valence-electron chi connectivity index (χ1n) is 4.48. The van der Waals surface area contributed by atoms with E-state index in [-0.39, 0.29) is 5.82 Å². The quantitative estimate of drug-likeness (QED) is 0.730. The summed E-state index contributed by atoms with van der Waals surface area (Å²) in [4.78, 5) is 0. The standard InChI is InChI=1S/C12H9ClFN/c13-9-4-1-3-8(7-9)12-10(14)5-2-6-11(12)15/h1-7H,15H2. The van der Waals surface area contributed by atoms with Crippen LogP contribution in [0.15, 0.2) is 42.5 Å². The van der Waals surface area contributed by atoms with Crippen LogP contribution in [0.5, 0.6) is 0 Å². The third kappa shape index (κ3) is 1.95. The van der Waals surface area contributed by atoms with Crippen LogP contribution in [-0.2, 0) is 0 Å². The smallest absolute Gasteiger partial charge is 0.133 e. The molecule has 0 heterocycles. The van der Waals surface area contributed by atoms with E-state index in [9.17, 15) is 4.39 Å². The van der Waals surface area contributed by atoms with Crippen molar-refractivity contribution in [3.63, 3.8) is 0 Å². The van der Waals surface area contributed by atoms with E-state index in [4.69, 9.17) is 17.3 Å². The van der Waals surface area contributed by atoms with Crippen molar-refractivity contribution in [2.45, 2.75) is 0 Å². The largest absolute Gasteiger partial charge is 0.398 e. The summed E-state index contributed by atoms with van der Waals surface area (Å²) >= 11 is 5.84. The lowest BCUT2D eigenvalue weighted by Gasteiger charge is -2.07. The molecule has 0 amide bonds. The van der Waals surface area contributed by atoms with Crippen LogP contribution < -0.4 is 5.73 Å². The second-order valence-corrected chi connectivity index (χ2v) is 3.65. The Kier molecular flexibility index (Phi) is 2.60. The molecule has 0 aliphatic carbocycles. The summed E-state index contributed by atoms with van der Waals surface area (Å²) in [7, 11) is 0. The van der Waals surface area contributed by atoms with Gasteiger partial charge in [0.2, 0.25) is 0 Å². The highest BCUT2D eigenvalue weighted by atomic mass is 35.5. The van der Waals surface area contributed by atoms with E-state index >= 15 is 0 Å². The van der Waals surface area contributed by atoms with Crippen LogP contribution in [-0.4, -0.2) is 0 Å². The molecule has 0 radical (unpaired) electrons. The van der Waals surface area contributed by atoms with E-state index in [2.05, 4.69) is 0 Å². The number of rotatable bonds is 1. The Balaban J connectivity index is 2.63. The summed E-state index contributed by atoms with van der Waals surface area (Å²) < 4.78 is 13.5. The topological polar surface area (TPSA) is 26.0 Å². The molecule has 2 aromatic carbocycles. The summed E-state index contributed by atoms with van der Waals surface area (Å²) in [6, 6.07) is 11.6. The molecule has 15 heavy (non-hydrogen) atoms. The number of hydrogen-bond acceptors (Lipinski definition) is 1. The van der Waals surface area contributed by atoms with Crippen LogP contribution in [0.1, 0.15) is 0 Å². The predicted molar refractivity (Wildman–Crippen MR) is 61.3 cm³/mol. The Morgan fingerprint density at radius 3 is 2.47 bits per heavy atom. The van der Waals surface area contributed by atoms with Crippen molar-refractivity contribution in [2.24, 2.45) is 0 Å². The van der Waals surface area contributed by atoms with Gasteiger partial charge in [-0.25, -0.2) is 4.39 Å². The van der Waals surface area contributed by atoms with Crippen LogP contribution in [0.2, 0.25) is 5.02 Å². The highest BCUT2D eigenvalue weighted by Gasteiger charge is 2.08. The average Bonchev–Trinajstić information content (AvgIpc) is 2.17. The second kappa shape index (κ2) is 3.91. The van der Waals surface area contributed by atoms with Crippen molar-refractivity contribution in [2.75, 3.05) is 5.73 Å². The van der Waals surface area contributed by atoms with Gasteiger partial charge in [-0.05, 0) is 29.8 Å². The Hall–Kier alpha value is -1.54. The van der Waals surface area contributed by atoms with Crippen LogP contribution in [0, 0.1) is 5.82 Å². The maximum atomic E-state index is 13.5. The van der Waals surface area contributed by atoms with Gasteiger partial charge in [0.25, 0.3) is 0 Å². The lowest BCUT2D eigenvalue weighted by atomic mass is 10.0. The molecule has 0 bridgehead atoms. The first-order valence-corrected chi connectivity index (χ1v) is 4.86. The normalized spacial score (nSPS) is 10.3. The van der Waals surface area contributed by atoms with Crippen molar-refractivity contribution in [3.05, 3.63) is 53.3 Å². The zero-order valence-electron chi connectivity index (χ0n) is 7.87. The lowest BCUT2D eigenvalue weighted by molar-refractivity contribution is 0.632. The molecule has 0 spiro atoms. The van der Waals surface area contributed by atoms with Crippen LogP contribution in [0.25, 0.3) is 11.1 Å². The molecule has 0 aliphatic heterocycles. The molecule has 0 fully saturated rings. The summed E-state index contributed by atoms with van der Waals surface area (Å²) in [6.45, 7) is 0. The fourth-order valence-corrected chi connectivity index (χ4v) is 1.68. The van der Waals surface area contributed by atoms with E-state index in [1.165, 1.54) is 6.07 Å². The second-order valence-electron chi connectivity index (χ2n) is 3.21. The van der Waals surface area contributed by atoms with Gasteiger partial charge in [0.05, 0.1) is 0 Å². The average molecular weight is 222 g/mol. The van der Waals surface area contributed by atoms with Gasteiger partial charge in [-0.3, -0.25) is 0 Å². The number of halogens is 2. The molecular weight excluding hydrogens is 213 g/mol. The minimum absolute atomic E-state index is 0.336.